The lowest BCUT2D eigenvalue weighted by atomic mass is 9.88. The predicted octanol–water partition coefficient (Wildman–Crippen LogP) is 4.95. The summed E-state index contributed by atoms with van der Waals surface area (Å²) in [5.41, 5.74) is 1.38. The van der Waals surface area contributed by atoms with E-state index in [1.807, 2.05) is 0 Å². The van der Waals surface area contributed by atoms with Crippen molar-refractivity contribution in [2.45, 2.75) is 66.0 Å². The summed E-state index contributed by atoms with van der Waals surface area (Å²) in [4.78, 5) is 0. The molecule has 0 aliphatic carbocycles. The second-order valence-corrected chi connectivity index (χ2v) is 5.74. The highest BCUT2D eigenvalue weighted by atomic mass is 16.5. The average molecular weight is 277 g/mol. The third kappa shape index (κ3) is 5.16. The van der Waals surface area contributed by atoms with Crippen molar-refractivity contribution < 1.29 is 4.74 Å². The van der Waals surface area contributed by atoms with E-state index in [0.717, 1.165) is 12.3 Å². The van der Waals surface area contributed by atoms with Crippen LogP contribution in [0.2, 0.25) is 0 Å². The van der Waals surface area contributed by atoms with Crippen LogP contribution in [0.4, 0.5) is 0 Å². The van der Waals surface area contributed by atoms with Gasteiger partial charge >= 0.3 is 0 Å². The van der Waals surface area contributed by atoms with Crippen molar-refractivity contribution in [3.8, 4) is 5.75 Å². The fraction of sp³-hybridized carbons (Fsp3) is 0.667. The highest BCUT2D eigenvalue weighted by Crippen LogP contribution is 2.28. The number of hydrogen-bond acceptors (Lipinski definition) is 2. The molecule has 0 aromatic heterocycles. The van der Waals surface area contributed by atoms with E-state index in [9.17, 15) is 0 Å². The molecule has 2 heteroatoms. The van der Waals surface area contributed by atoms with E-state index >= 15 is 0 Å². The minimum Gasteiger partial charge on any atom is -0.491 e. The summed E-state index contributed by atoms with van der Waals surface area (Å²) in [5.74, 6) is 1.65. The van der Waals surface area contributed by atoms with Crippen LogP contribution in [0.25, 0.3) is 0 Å². The van der Waals surface area contributed by atoms with E-state index in [1.165, 1.54) is 24.8 Å². The van der Waals surface area contributed by atoms with Gasteiger partial charge in [-0.1, -0.05) is 45.7 Å². The van der Waals surface area contributed by atoms with Crippen LogP contribution in [-0.4, -0.2) is 12.6 Å². The quantitative estimate of drug-likeness (QED) is 0.689. The molecule has 0 radical (unpaired) electrons. The number of benzene rings is 1. The van der Waals surface area contributed by atoms with E-state index in [4.69, 9.17) is 4.74 Å². The van der Waals surface area contributed by atoms with Crippen molar-refractivity contribution in [1.82, 2.24) is 5.32 Å². The monoisotopic (exact) mass is 277 g/mol. The van der Waals surface area contributed by atoms with Crippen molar-refractivity contribution in [1.29, 1.82) is 0 Å². The van der Waals surface area contributed by atoms with E-state index in [1.54, 1.807) is 0 Å². The molecule has 2 nitrogen and oxygen atoms in total. The van der Waals surface area contributed by atoms with E-state index in [0.29, 0.717) is 12.0 Å². The molecule has 114 valence electrons. The van der Waals surface area contributed by atoms with Gasteiger partial charge in [0.05, 0.1) is 6.10 Å². The normalized spacial score (nSPS) is 12.9. The average Bonchev–Trinajstić information content (AvgIpc) is 2.44. The van der Waals surface area contributed by atoms with Crippen molar-refractivity contribution >= 4 is 0 Å². The molecule has 0 heterocycles. The van der Waals surface area contributed by atoms with Gasteiger partial charge in [0.15, 0.2) is 0 Å². The standard InChI is InChI=1S/C18H31NO/c1-6-13-19-18(15(7-2)8-3)16-9-11-17(12-10-16)20-14(4)5/h9-12,14-15,18-19H,6-8,13H2,1-5H3. The molecule has 1 N–H and O–H groups in total. The molecule has 1 aromatic rings. The molecule has 0 amide bonds. The van der Waals surface area contributed by atoms with Crippen LogP contribution in [0.3, 0.4) is 0 Å². The Hall–Kier alpha value is -1.02. The lowest BCUT2D eigenvalue weighted by Gasteiger charge is -2.27. The van der Waals surface area contributed by atoms with Gasteiger partial charge in [0.2, 0.25) is 0 Å². The summed E-state index contributed by atoms with van der Waals surface area (Å²) in [6.07, 6.45) is 3.82. The zero-order valence-electron chi connectivity index (χ0n) is 13.8. The first-order valence-electron chi connectivity index (χ1n) is 8.12. The molecular formula is C18H31NO. The summed E-state index contributed by atoms with van der Waals surface area (Å²) in [6, 6.07) is 9.07. The summed E-state index contributed by atoms with van der Waals surface area (Å²) in [7, 11) is 0. The molecule has 0 bridgehead atoms. The summed E-state index contributed by atoms with van der Waals surface area (Å²) in [5, 5.41) is 3.71. The first-order valence-corrected chi connectivity index (χ1v) is 8.12. The molecule has 0 aliphatic heterocycles. The Morgan fingerprint density at radius 2 is 1.60 bits per heavy atom. The van der Waals surface area contributed by atoms with Gasteiger partial charge in [-0.3, -0.25) is 0 Å². The largest absolute Gasteiger partial charge is 0.491 e. The lowest BCUT2D eigenvalue weighted by Crippen LogP contribution is -2.28. The van der Waals surface area contributed by atoms with E-state index in [2.05, 4.69) is 64.2 Å². The highest BCUT2D eigenvalue weighted by Gasteiger charge is 2.19. The molecule has 0 saturated heterocycles. The molecule has 0 spiro atoms. The molecule has 1 aromatic carbocycles. The topological polar surface area (TPSA) is 21.3 Å². The number of hydrogen-bond donors (Lipinski definition) is 1. The molecule has 0 saturated carbocycles. The predicted molar refractivity (Wildman–Crippen MR) is 87.3 cm³/mol. The maximum atomic E-state index is 5.72. The molecule has 1 atom stereocenters. The lowest BCUT2D eigenvalue weighted by molar-refractivity contribution is 0.242. The van der Waals surface area contributed by atoms with Gasteiger partial charge in [0.25, 0.3) is 0 Å². The van der Waals surface area contributed by atoms with Gasteiger partial charge in [-0.05, 0) is 50.4 Å². The number of nitrogens with one attached hydrogen (secondary N) is 1. The maximum Gasteiger partial charge on any atom is 0.119 e. The van der Waals surface area contributed by atoms with Gasteiger partial charge in [0, 0.05) is 6.04 Å². The fourth-order valence-corrected chi connectivity index (χ4v) is 2.64. The van der Waals surface area contributed by atoms with Crippen LogP contribution in [0.5, 0.6) is 5.75 Å². The molecule has 1 rings (SSSR count). The van der Waals surface area contributed by atoms with Gasteiger partial charge < -0.3 is 10.1 Å². The first kappa shape index (κ1) is 17.0. The summed E-state index contributed by atoms with van der Waals surface area (Å²) < 4.78 is 5.72. The van der Waals surface area contributed by atoms with Crippen LogP contribution in [0.1, 0.15) is 65.5 Å². The van der Waals surface area contributed by atoms with Crippen LogP contribution >= 0.6 is 0 Å². The van der Waals surface area contributed by atoms with Crippen LogP contribution in [-0.2, 0) is 0 Å². The summed E-state index contributed by atoms with van der Waals surface area (Å²) in [6.45, 7) is 12.0. The Morgan fingerprint density at radius 1 is 1.00 bits per heavy atom. The molecule has 0 fully saturated rings. The number of rotatable bonds is 9. The van der Waals surface area contributed by atoms with E-state index < -0.39 is 0 Å². The third-order valence-corrected chi connectivity index (χ3v) is 3.75. The van der Waals surface area contributed by atoms with Crippen molar-refractivity contribution in [2.75, 3.05) is 6.54 Å². The Bertz CT molecular complexity index is 354. The minimum atomic E-state index is 0.230. The molecule has 1 unspecified atom stereocenters. The molecule has 20 heavy (non-hydrogen) atoms. The Balaban J connectivity index is 2.84. The van der Waals surface area contributed by atoms with E-state index in [-0.39, 0.29) is 6.10 Å². The van der Waals surface area contributed by atoms with Crippen molar-refractivity contribution in [3.63, 3.8) is 0 Å². The smallest absolute Gasteiger partial charge is 0.119 e. The van der Waals surface area contributed by atoms with Gasteiger partial charge in [-0.25, -0.2) is 0 Å². The Kier molecular flexibility index (Phi) is 7.68. The second kappa shape index (κ2) is 9.02. The number of ether oxygens (including phenoxy) is 1. The van der Waals surface area contributed by atoms with Gasteiger partial charge in [0.1, 0.15) is 5.75 Å². The Morgan fingerprint density at radius 3 is 2.05 bits per heavy atom. The minimum absolute atomic E-state index is 0.230. The van der Waals surface area contributed by atoms with Gasteiger partial charge in [-0.15, -0.1) is 0 Å². The maximum absolute atomic E-state index is 5.72. The second-order valence-electron chi connectivity index (χ2n) is 5.74. The van der Waals surface area contributed by atoms with Crippen LogP contribution < -0.4 is 10.1 Å². The Labute approximate surface area is 124 Å². The fourth-order valence-electron chi connectivity index (χ4n) is 2.64. The first-order chi connectivity index (χ1) is 9.62. The molecular weight excluding hydrogens is 246 g/mol. The SMILES string of the molecule is CCCNC(c1ccc(OC(C)C)cc1)C(CC)CC. The zero-order valence-corrected chi connectivity index (χ0v) is 13.8. The summed E-state index contributed by atoms with van der Waals surface area (Å²) >= 11 is 0. The molecule has 0 aliphatic rings. The van der Waals surface area contributed by atoms with Crippen LogP contribution in [0.15, 0.2) is 24.3 Å². The van der Waals surface area contributed by atoms with Crippen LogP contribution in [0, 0.1) is 5.92 Å². The zero-order chi connectivity index (χ0) is 15.0. The highest BCUT2D eigenvalue weighted by molar-refractivity contribution is 5.29. The third-order valence-electron chi connectivity index (χ3n) is 3.75. The van der Waals surface area contributed by atoms with Crippen molar-refractivity contribution in [3.05, 3.63) is 29.8 Å². The van der Waals surface area contributed by atoms with Gasteiger partial charge in [-0.2, -0.15) is 0 Å². The van der Waals surface area contributed by atoms with Crippen molar-refractivity contribution in [2.24, 2.45) is 5.92 Å².